The molecule has 1 unspecified atom stereocenters. The maximum absolute atomic E-state index is 5.51. The van der Waals surface area contributed by atoms with Crippen LogP contribution in [0.2, 0.25) is 0 Å². The summed E-state index contributed by atoms with van der Waals surface area (Å²) in [7, 11) is 3.45. The standard InChI is InChI=1S/C13H16O2/c1-8-9(2)13(15-4)10-6-5-7-11(14-3)12(8)10/h5-7,13H,1-4H3. The van der Waals surface area contributed by atoms with Crippen molar-refractivity contribution in [3.63, 3.8) is 0 Å². The zero-order valence-electron chi connectivity index (χ0n) is 9.63. The number of rotatable bonds is 2. The monoisotopic (exact) mass is 204 g/mol. The van der Waals surface area contributed by atoms with Crippen LogP contribution in [-0.4, -0.2) is 14.2 Å². The van der Waals surface area contributed by atoms with Gasteiger partial charge in [0.05, 0.1) is 7.11 Å². The van der Waals surface area contributed by atoms with Crippen LogP contribution in [0.5, 0.6) is 5.75 Å². The number of methoxy groups -OCH3 is 2. The summed E-state index contributed by atoms with van der Waals surface area (Å²) >= 11 is 0. The highest BCUT2D eigenvalue weighted by Gasteiger charge is 2.28. The molecule has 1 aliphatic carbocycles. The Balaban J connectivity index is 2.64. The molecule has 0 saturated heterocycles. The second-order valence-corrected chi connectivity index (χ2v) is 3.85. The van der Waals surface area contributed by atoms with Gasteiger partial charge in [0.1, 0.15) is 11.9 Å². The van der Waals surface area contributed by atoms with Crippen LogP contribution in [0, 0.1) is 0 Å². The highest BCUT2D eigenvalue weighted by Crippen LogP contribution is 2.45. The second kappa shape index (κ2) is 3.70. The van der Waals surface area contributed by atoms with Crippen LogP contribution < -0.4 is 4.74 Å². The summed E-state index contributed by atoms with van der Waals surface area (Å²) < 4.78 is 10.9. The fourth-order valence-corrected chi connectivity index (χ4v) is 2.27. The van der Waals surface area contributed by atoms with Crippen molar-refractivity contribution in [2.75, 3.05) is 14.2 Å². The molecule has 0 aromatic heterocycles. The lowest BCUT2D eigenvalue weighted by Crippen LogP contribution is -1.99. The Bertz CT molecular complexity index is 419. The lowest BCUT2D eigenvalue weighted by Gasteiger charge is -2.12. The Labute approximate surface area is 90.5 Å². The van der Waals surface area contributed by atoms with E-state index in [4.69, 9.17) is 9.47 Å². The van der Waals surface area contributed by atoms with Gasteiger partial charge in [0, 0.05) is 12.7 Å². The minimum atomic E-state index is 0.0927. The van der Waals surface area contributed by atoms with Crippen LogP contribution in [0.1, 0.15) is 31.1 Å². The van der Waals surface area contributed by atoms with Gasteiger partial charge in [0.2, 0.25) is 0 Å². The van der Waals surface area contributed by atoms with Gasteiger partial charge in [0.15, 0.2) is 0 Å². The quantitative estimate of drug-likeness (QED) is 0.736. The third-order valence-electron chi connectivity index (χ3n) is 3.16. The first-order valence-electron chi connectivity index (χ1n) is 5.08. The lowest BCUT2D eigenvalue weighted by atomic mass is 10.0. The molecule has 2 heteroatoms. The van der Waals surface area contributed by atoms with Gasteiger partial charge in [-0.25, -0.2) is 0 Å². The number of fused-ring (bicyclic) bond motifs is 1. The topological polar surface area (TPSA) is 18.5 Å². The van der Waals surface area contributed by atoms with Crippen LogP contribution in [0.15, 0.2) is 23.8 Å². The van der Waals surface area contributed by atoms with E-state index < -0.39 is 0 Å². The van der Waals surface area contributed by atoms with E-state index in [1.54, 1.807) is 14.2 Å². The summed E-state index contributed by atoms with van der Waals surface area (Å²) in [5.74, 6) is 0.934. The second-order valence-electron chi connectivity index (χ2n) is 3.85. The Morgan fingerprint density at radius 2 is 1.87 bits per heavy atom. The molecule has 0 fully saturated rings. The van der Waals surface area contributed by atoms with Crippen molar-refractivity contribution in [3.8, 4) is 5.75 Å². The van der Waals surface area contributed by atoms with E-state index >= 15 is 0 Å². The van der Waals surface area contributed by atoms with Crippen LogP contribution in [0.25, 0.3) is 5.57 Å². The molecule has 1 aromatic rings. The Kier molecular flexibility index (Phi) is 2.53. The highest BCUT2D eigenvalue weighted by molar-refractivity contribution is 5.80. The Morgan fingerprint density at radius 3 is 2.47 bits per heavy atom. The van der Waals surface area contributed by atoms with E-state index in [0.717, 1.165) is 5.75 Å². The largest absolute Gasteiger partial charge is 0.496 e. The van der Waals surface area contributed by atoms with Gasteiger partial charge in [-0.2, -0.15) is 0 Å². The maximum Gasteiger partial charge on any atom is 0.126 e. The SMILES string of the molecule is COc1cccc2c1C(C)=C(C)C2OC. The molecule has 0 spiro atoms. The molecular weight excluding hydrogens is 188 g/mol. The first-order chi connectivity index (χ1) is 7.20. The van der Waals surface area contributed by atoms with Crippen LogP contribution >= 0.6 is 0 Å². The van der Waals surface area contributed by atoms with Gasteiger partial charge >= 0.3 is 0 Å². The van der Waals surface area contributed by atoms with E-state index in [-0.39, 0.29) is 6.10 Å². The lowest BCUT2D eigenvalue weighted by molar-refractivity contribution is 0.136. The molecule has 0 amide bonds. The highest BCUT2D eigenvalue weighted by atomic mass is 16.5. The van der Waals surface area contributed by atoms with Gasteiger partial charge in [-0.15, -0.1) is 0 Å². The zero-order valence-corrected chi connectivity index (χ0v) is 9.63. The fourth-order valence-electron chi connectivity index (χ4n) is 2.27. The molecule has 2 rings (SSSR count). The van der Waals surface area contributed by atoms with Gasteiger partial charge in [0.25, 0.3) is 0 Å². The minimum absolute atomic E-state index is 0.0927. The molecule has 1 atom stereocenters. The van der Waals surface area contributed by atoms with E-state index in [2.05, 4.69) is 19.9 Å². The summed E-state index contributed by atoms with van der Waals surface area (Å²) in [6.45, 7) is 4.23. The number of benzene rings is 1. The average molecular weight is 204 g/mol. The summed E-state index contributed by atoms with van der Waals surface area (Å²) in [5.41, 5.74) is 4.96. The molecule has 1 aromatic carbocycles. The number of hydrogen-bond donors (Lipinski definition) is 0. The molecule has 0 saturated carbocycles. The average Bonchev–Trinajstić information content (AvgIpc) is 2.51. The van der Waals surface area contributed by atoms with Crippen molar-refractivity contribution in [2.24, 2.45) is 0 Å². The molecule has 15 heavy (non-hydrogen) atoms. The molecule has 0 bridgehead atoms. The molecule has 80 valence electrons. The molecule has 2 nitrogen and oxygen atoms in total. The number of ether oxygens (including phenoxy) is 2. The Morgan fingerprint density at radius 1 is 1.13 bits per heavy atom. The van der Waals surface area contributed by atoms with Crippen molar-refractivity contribution in [3.05, 3.63) is 34.9 Å². The van der Waals surface area contributed by atoms with Gasteiger partial charge in [-0.3, -0.25) is 0 Å². The van der Waals surface area contributed by atoms with Crippen molar-refractivity contribution in [1.29, 1.82) is 0 Å². The van der Waals surface area contributed by atoms with Gasteiger partial charge < -0.3 is 9.47 Å². The van der Waals surface area contributed by atoms with Gasteiger partial charge in [-0.1, -0.05) is 12.1 Å². The molecule has 0 aliphatic heterocycles. The summed E-state index contributed by atoms with van der Waals surface area (Å²) in [5, 5.41) is 0. The summed E-state index contributed by atoms with van der Waals surface area (Å²) in [6.07, 6.45) is 0.0927. The number of allylic oxidation sites excluding steroid dienone is 1. The van der Waals surface area contributed by atoms with Crippen LogP contribution in [-0.2, 0) is 4.74 Å². The normalized spacial score (nSPS) is 19.3. The minimum Gasteiger partial charge on any atom is -0.496 e. The predicted molar refractivity (Wildman–Crippen MR) is 61.0 cm³/mol. The number of hydrogen-bond acceptors (Lipinski definition) is 2. The first-order valence-corrected chi connectivity index (χ1v) is 5.08. The van der Waals surface area contributed by atoms with Crippen LogP contribution in [0.4, 0.5) is 0 Å². The fraction of sp³-hybridized carbons (Fsp3) is 0.385. The summed E-state index contributed by atoms with van der Waals surface area (Å²) in [6, 6.07) is 6.11. The van der Waals surface area contributed by atoms with E-state index in [9.17, 15) is 0 Å². The van der Waals surface area contributed by atoms with E-state index in [1.165, 1.54) is 22.3 Å². The van der Waals surface area contributed by atoms with Crippen molar-refractivity contribution in [2.45, 2.75) is 20.0 Å². The summed E-state index contributed by atoms with van der Waals surface area (Å²) in [4.78, 5) is 0. The first kappa shape index (κ1) is 10.2. The van der Waals surface area contributed by atoms with Crippen molar-refractivity contribution in [1.82, 2.24) is 0 Å². The Hall–Kier alpha value is -1.28. The van der Waals surface area contributed by atoms with E-state index in [0.29, 0.717) is 0 Å². The van der Waals surface area contributed by atoms with E-state index in [1.807, 2.05) is 12.1 Å². The van der Waals surface area contributed by atoms with Crippen LogP contribution in [0.3, 0.4) is 0 Å². The molecular formula is C13H16O2. The zero-order chi connectivity index (χ0) is 11.0. The maximum atomic E-state index is 5.51. The molecule has 0 heterocycles. The van der Waals surface area contributed by atoms with Crippen molar-refractivity contribution < 1.29 is 9.47 Å². The smallest absolute Gasteiger partial charge is 0.126 e. The molecule has 0 radical (unpaired) electrons. The predicted octanol–water partition coefficient (Wildman–Crippen LogP) is 3.19. The van der Waals surface area contributed by atoms with Crippen molar-refractivity contribution >= 4 is 5.57 Å². The van der Waals surface area contributed by atoms with Gasteiger partial charge in [-0.05, 0) is 36.6 Å². The molecule has 0 N–H and O–H groups in total. The third-order valence-corrected chi connectivity index (χ3v) is 3.16. The third kappa shape index (κ3) is 1.37. The molecule has 1 aliphatic rings.